The summed E-state index contributed by atoms with van der Waals surface area (Å²) in [4.78, 5) is 13.5. The Bertz CT molecular complexity index is 1090. The number of anilines is 1. The number of rotatable bonds is 5. The molecule has 3 rings (SSSR count). The van der Waals surface area contributed by atoms with Crippen LogP contribution in [-0.4, -0.2) is 33.8 Å². The molecule has 1 heterocycles. The van der Waals surface area contributed by atoms with E-state index in [1.807, 2.05) is 0 Å². The van der Waals surface area contributed by atoms with Gasteiger partial charge < -0.3 is 9.64 Å². The number of benzene rings is 2. The van der Waals surface area contributed by atoms with Crippen LogP contribution in [0, 0.1) is 11.8 Å². The summed E-state index contributed by atoms with van der Waals surface area (Å²) in [6.07, 6.45) is -2.44. The van der Waals surface area contributed by atoms with Gasteiger partial charge in [-0.2, -0.15) is 4.72 Å². The Morgan fingerprint density at radius 1 is 1.03 bits per heavy atom. The second-order valence-electron chi connectivity index (χ2n) is 6.69. The summed E-state index contributed by atoms with van der Waals surface area (Å²) in [5.41, 5.74) is 1.45. The summed E-state index contributed by atoms with van der Waals surface area (Å²) in [6, 6.07) is 10.9. The SMILES string of the molecule is O=C1CCCCN1c1ccc(C#CCNS(=O)(=O)c2ccc(OC(F)(F)F)cc2)cc1. The molecule has 0 saturated carbocycles. The molecular formula is C21H19F3N2O4S. The van der Waals surface area contributed by atoms with Gasteiger partial charge in [0.2, 0.25) is 15.9 Å². The number of nitrogens with zero attached hydrogens (tertiary/aromatic N) is 1. The van der Waals surface area contributed by atoms with E-state index in [9.17, 15) is 26.4 Å². The first kappa shape index (κ1) is 22.7. The number of carbonyl (C=O) groups is 1. The van der Waals surface area contributed by atoms with Gasteiger partial charge in [0.25, 0.3) is 0 Å². The maximum Gasteiger partial charge on any atom is 0.573 e. The van der Waals surface area contributed by atoms with Crippen LogP contribution in [0.1, 0.15) is 24.8 Å². The van der Waals surface area contributed by atoms with E-state index in [2.05, 4.69) is 21.3 Å². The van der Waals surface area contributed by atoms with Gasteiger partial charge in [0.1, 0.15) is 5.75 Å². The number of ether oxygens (including phenoxy) is 1. The van der Waals surface area contributed by atoms with Crippen LogP contribution in [0.4, 0.5) is 18.9 Å². The van der Waals surface area contributed by atoms with Crippen molar-refractivity contribution in [1.82, 2.24) is 4.72 Å². The number of nitrogens with one attached hydrogen (secondary N) is 1. The van der Waals surface area contributed by atoms with Crippen molar-refractivity contribution in [3.63, 3.8) is 0 Å². The zero-order valence-corrected chi connectivity index (χ0v) is 17.1. The van der Waals surface area contributed by atoms with Crippen LogP contribution in [0.3, 0.4) is 0 Å². The molecule has 1 amide bonds. The molecule has 1 fully saturated rings. The van der Waals surface area contributed by atoms with Crippen molar-refractivity contribution >= 4 is 21.6 Å². The van der Waals surface area contributed by atoms with E-state index in [1.54, 1.807) is 29.2 Å². The maximum absolute atomic E-state index is 12.2. The summed E-state index contributed by atoms with van der Waals surface area (Å²) in [5, 5.41) is 0. The van der Waals surface area contributed by atoms with Crippen LogP contribution in [-0.2, 0) is 14.8 Å². The molecule has 1 aliphatic heterocycles. The van der Waals surface area contributed by atoms with E-state index < -0.39 is 22.1 Å². The van der Waals surface area contributed by atoms with Crippen molar-refractivity contribution in [2.24, 2.45) is 0 Å². The predicted octanol–water partition coefficient (Wildman–Crippen LogP) is 3.43. The molecule has 10 heteroatoms. The normalized spacial score (nSPS) is 14.7. The van der Waals surface area contributed by atoms with Crippen molar-refractivity contribution in [3.8, 4) is 17.6 Å². The molecule has 164 valence electrons. The number of halogens is 3. The molecule has 0 aliphatic carbocycles. The van der Waals surface area contributed by atoms with Crippen molar-refractivity contribution in [1.29, 1.82) is 0 Å². The number of piperidine rings is 1. The van der Waals surface area contributed by atoms with Crippen molar-refractivity contribution in [2.75, 3.05) is 18.0 Å². The van der Waals surface area contributed by atoms with Crippen LogP contribution in [0.5, 0.6) is 5.75 Å². The first-order valence-corrected chi connectivity index (χ1v) is 10.9. The molecule has 0 bridgehead atoms. The van der Waals surface area contributed by atoms with Crippen LogP contribution in [0.15, 0.2) is 53.4 Å². The van der Waals surface area contributed by atoms with Gasteiger partial charge in [0.05, 0.1) is 11.4 Å². The maximum atomic E-state index is 12.2. The zero-order valence-electron chi connectivity index (χ0n) is 16.3. The highest BCUT2D eigenvalue weighted by molar-refractivity contribution is 7.89. The Balaban J connectivity index is 1.57. The minimum Gasteiger partial charge on any atom is -0.406 e. The van der Waals surface area contributed by atoms with Gasteiger partial charge in [-0.3, -0.25) is 4.79 Å². The minimum absolute atomic E-state index is 0.0949. The molecule has 2 aromatic rings. The molecule has 1 aliphatic rings. The Hall–Kier alpha value is -3.03. The molecule has 1 saturated heterocycles. The highest BCUT2D eigenvalue weighted by atomic mass is 32.2. The smallest absolute Gasteiger partial charge is 0.406 e. The first-order valence-electron chi connectivity index (χ1n) is 9.39. The lowest BCUT2D eigenvalue weighted by atomic mass is 10.1. The fourth-order valence-corrected chi connectivity index (χ4v) is 3.91. The highest BCUT2D eigenvalue weighted by Crippen LogP contribution is 2.24. The Kier molecular flexibility index (Phi) is 6.87. The molecule has 0 spiro atoms. The summed E-state index contributed by atoms with van der Waals surface area (Å²) in [7, 11) is -3.94. The number of carbonyl (C=O) groups excluding carboxylic acids is 1. The summed E-state index contributed by atoms with van der Waals surface area (Å²) >= 11 is 0. The summed E-state index contributed by atoms with van der Waals surface area (Å²) in [5.74, 6) is 5.08. The molecule has 31 heavy (non-hydrogen) atoms. The van der Waals surface area contributed by atoms with Crippen molar-refractivity contribution in [2.45, 2.75) is 30.5 Å². The fourth-order valence-electron chi connectivity index (χ4n) is 2.98. The second-order valence-corrected chi connectivity index (χ2v) is 8.46. The third kappa shape index (κ3) is 6.47. The molecule has 0 aromatic heterocycles. The molecule has 1 N–H and O–H groups in total. The standard InChI is InChI=1S/C21H19F3N2O4S/c22-21(23,24)30-18-10-12-19(13-11-18)31(28,29)25-14-3-4-16-6-8-17(9-7-16)26-15-2-1-5-20(26)27/h6-13,25H,1-2,5,14-15H2. The molecular weight excluding hydrogens is 433 g/mol. The van der Waals surface area contributed by atoms with Gasteiger partial charge in [-0.05, 0) is 61.4 Å². The second kappa shape index (κ2) is 9.41. The van der Waals surface area contributed by atoms with Crippen molar-refractivity contribution in [3.05, 3.63) is 54.1 Å². The number of hydrogen-bond donors (Lipinski definition) is 1. The van der Waals surface area contributed by atoms with E-state index >= 15 is 0 Å². The van der Waals surface area contributed by atoms with E-state index in [1.165, 1.54) is 0 Å². The highest BCUT2D eigenvalue weighted by Gasteiger charge is 2.31. The first-order chi connectivity index (χ1) is 14.6. The van der Waals surface area contributed by atoms with E-state index in [4.69, 9.17) is 0 Å². The summed E-state index contributed by atoms with van der Waals surface area (Å²) < 4.78 is 66.9. The van der Waals surface area contributed by atoms with Gasteiger partial charge >= 0.3 is 6.36 Å². The van der Waals surface area contributed by atoms with Gasteiger partial charge in [0, 0.05) is 24.2 Å². The van der Waals surface area contributed by atoms with E-state index in [0.717, 1.165) is 42.8 Å². The molecule has 0 unspecified atom stereocenters. The lowest BCUT2D eigenvalue weighted by Gasteiger charge is -2.26. The summed E-state index contributed by atoms with van der Waals surface area (Å²) in [6.45, 7) is 0.504. The lowest BCUT2D eigenvalue weighted by Crippen LogP contribution is -2.35. The predicted molar refractivity (Wildman–Crippen MR) is 108 cm³/mol. The monoisotopic (exact) mass is 452 g/mol. The third-order valence-corrected chi connectivity index (χ3v) is 5.87. The number of sulfonamides is 1. The minimum atomic E-state index is -4.85. The van der Waals surface area contributed by atoms with Crippen molar-refractivity contribution < 1.29 is 31.1 Å². The number of alkyl halides is 3. The van der Waals surface area contributed by atoms with Gasteiger partial charge in [-0.25, -0.2) is 8.42 Å². The molecule has 0 radical (unpaired) electrons. The average molecular weight is 452 g/mol. The Morgan fingerprint density at radius 3 is 2.32 bits per heavy atom. The Labute approximate surface area is 178 Å². The number of hydrogen-bond acceptors (Lipinski definition) is 4. The van der Waals surface area contributed by atoms with Crippen LogP contribution < -0.4 is 14.4 Å². The fraction of sp³-hybridized carbons (Fsp3) is 0.286. The molecule has 6 nitrogen and oxygen atoms in total. The molecule has 0 atom stereocenters. The lowest BCUT2D eigenvalue weighted by molar-refractivity contribution is -0.274. The van der Waals surface area contributed by atoms with Crippen LogP contribution in [0.25, 0.3) is 0 Å². The largest absolute Gasteiger partial charge is 0.573 e. The zero-order chi connectivity index (χ0) is 22.5. The number of amides is 1. The molecule has 2 aromatic carbocycles. The van der Waals surface area contributed by atoms with E-state index in [-0.39, 0.29) is 17.3 Å². The van der Waals surface area contributed by atoms with E-state index in [0.29, 0.717) is 18.5 Å². The van der Waals surface area contributed by atoms with Crippen LogP contribution in [0.2, 0.25) is 0 Å². The van der Waals surface area contributed by atoms with Gasteiger partial charge in [0.15, 0.2) is 0 Å². The van der Waals surface area contributed by atoms with Crippen LogP contribution >= 0.6 is 0 Å². The Morgan fingerprint density at radius 2 is 1.71 bits per heavy atom. The topological polar surface area (TPSA) is 75.7 Å². The third-order valence-electron chi connectivity index (χ3n) is 4.45. The average Bonchev–Trinajstić information content (AvgIpc) is 2.71. The van der Waals surface area contributed by atoms with Gasteiger partial charge in [-0.15, -0.1) is 13.2 Å². The van der Waals surface area contributed by atoms with Gasteiger partial charge in [-0.1, -0.05) is 11.8 Å². The quantitative estimate of drug-likeness (QED) is 0.706.